The molecule has 30 heavy (non-hydrogen) atoms. The van der Waals surface area contributed by atoms with E-state index in [1.165, 1.54) is 109 Å². The summed E-state index contributed by atoms with van der Waals surface area (Å²) in [5, 5.41) is 4.35. The number of nitrogens with one attached hydrogen (secondary N) is 2. The molecule has 0 saturated heterocycles. The standard InChI is InChI=1S/2C13H14ClN/c2*14-9-6-7-13-11(8-9)10-4-2-1-3-5-12(10)15-13/h2*6-8,15H,1-5H2. The highest BCUT2D eigenvalue weighted by Crippen LogP contribution is 2.31. The van der Waals surface area contributed by atoms with E-state index in [4.69, 9.17) is 23.2 Å². The smallest absolute Gasteiger partial charge is 0.0460 e. The SMILES string of the molecule is Clc1ccc2[nH]c3c(c2c1)CCCCC3.Clc1ccc2[nH]c3c(c2c1)CCCCC3. The van der Waals surface area contributed by atoms with E-state index in [1.54, 1.807) is 0 Å². The lowest BCUT2D eigenvalue weighted by Gasteiger charge is -1.97. The van der Waals surface area contributed by atoms with Gasteiger partial charge in [-0.1, -0.05) is 36.0 Å². The topological polar surface area (TPSA) is 31.6 Å². The normalized spacial score (nSPS) is 16.3. The number of fused-ring (bicyclic) bond motifs is 6. The van der Waals surface area contributed by atoms with E-state index in [1.807, 2.05) is 12.1 Å². The Labute approximate surface area is 188 Å². The van der Waals surface area contributed by atoms with E-state index in [0.717, 1.165) is 10.0 Å². The quantitative estimate of drug-likeness (QED) is 0.259. The number of benzene rings is 2. The Morgan fingerprint density at radius 1 is 0.533 bits per heavy atom. The fourth-order valence-electron chi connectivity index (χ4n) is 5.11. The highest BCUT2D eigenvalue weighted by atomic mass is 35.5. The molecular formula is C26H28Cl2N2. The predicted octanol–water partition coefficient (Wildman–Crippen LogP) is 8.18. The van der Waals surface area contributed by atoms with Gasteiger partial charge in [-0.25, -0.2) is 0 Å². The van der Waals surface area contributed by atoms with Gasteiger partial charge in [0.25, 0.3) is 0 Å². The van der Waals surface area contributed by atoms with E-state index in [9.17, 15) is 0 Å². The summed E-state index contributed by atoms with van der Waals surface area (Å²) in [5.74, 6) is 0. The molecule has 2 aliphatic rings. The molecule has 2 aromatic carbocycles. The second kappa shape index (κ2) is 8.69. The largest absolute Gasteiger partial charge is 0.358 e. The Morgan fingerprint density at radius 3 is 1.43 bits per heavy atom. The third kappa shape index (κ3) is 4.00. The highest BCUT2D eigenvalue weighted by molar-refractivity contribution is 6.31. The third-order valence-corrected chi connectivity index (χ3v) is 7.09. The molecular weight excluding hydrogens is 411 g/mol. The maximum absolute atomic E-state index is 6.04. The molecule has 0 bridgehead atoms. The summed E-state index contributed by atoms with van der Waals surface area (Å²) in [4.78, 5) is 7.05. The number of aromatic amines is 2. The Balaban J connectivity index is 0.000000128. The van der Waals surface area contributed by atoms with Gasteiger partial charge in [0, 0.05) is 43.2 Å². The van der Waals surface area contributed by atoms with E-state index in [2.05, 4.69) is 34.2 Å². The van der Waals surface area contributed by atoms with Crippen LogP contribution in [0.1, 0.15) is 61.0 Å². The van der Waals surface area contributed by atoms with Crippen LogP contribution in [0.5, 0.6) is 0 Å². The van der Waals surface area contributed by atoms with Crippen molar-refractivity contribution in [3.63, 3.8) is 0 Å². The number of rotatable bonds is 0. The first-order valence-corrected chi connectivity index (χ1v) is 12.0. The van der Waals surface area contributed by atoms with Crippen LogP contribution in [0.4, 0.5) is 0 Å². The molecule has 4 aromatic rings. The van der Waals surface area contributed by atoms with Crippen LogP contribution in [0, 0.1) is 0 Å². The van der Waals surface area contributed by atoms with Gasteiger partial charge in [-0.05, 0) is 98.9 Å². The Kier molecular flexibility index (Phi) is 5.80. The van der Waals surface area contributed by atoms with Crippen molar-refractivity contribution in [2.24, 2.45) is 0 Å². The summed E-state index contributed by atoms with van der Waals surface area (Å²) in [5.41, 5.74) is 8.36. The minimum atomic E-state index is 0.841. The average molecular weight is 439 g/mol. The summed E-state index contributed by atoms with van der Waals surface area (Å²) < 4.78 is 0. The van der Waals surface area contributed by atoms with Crippen LogP contribution < -0.4 is 0 Å². The first-order chi connectivity index (χ1) is 14.7. The molecule has 0 unspecified atom stereocenters. The van der Waals surface area contributed by atoms with Gasteiger partial charge in [-0.3, -0.25) is 0 Å². The van der Waals surface area contributed by atoms with Crippen molar-refractivity contribution >= 4 is 45.0 Å². The number of halogens is 2. The lowest BCUT2D eigenvalue weighted by Crippen LogP contribution is -1.86. The predicted molar refractivity (Wildman–Crippen MR) is 129 cm³/mol. The third-order valence-electron chi connectivity index (χ3n) is 6.62. The first-order valence-electron chi connectivity index (χ1n) is 11.3. The fourth-order valence-corrected chi connectivity index (χ4v) is 5.45. The number of hydrogen-bond donors (Lipinski definition) is 2. The van der Waals surface area contributed by atoms with Crippen molar-refractivity contribution in [3.05, 3.63) is 69.0 Å². The van der Waals surface area contributed by atoms with Gasteiger partial charge < -0.3 is 9.97 Å². The van der Waals surface area contributed by atoms with Crippen LogP contribution in [0.3, 0.4) is 0 Å². The van der Waals surface area contributed by atoms with Crippen LogP contribution >= 0.6 is 23.2 Å². The molecule has 2 heterocycles. The summed E-state index contributed by atoms with van der Waals surface area (Å²) in [6.45, 7) is 0. The Morgan fingerprint density at radius 2 is 0.967 bits per heavy atom. The zero-order valence-corrected chi connectivity index (χ0v) is 18.8. The lowest BCUT2D eigenvalue weighted by atomic mass is 10.1. The van der Waals surface area contributed by atoms with Crippen molar-refractivity contribution in [2.45, 2.75) is 64.2 Å². The van der Waals surface area contributed by atoms with Gasteiger partial charge in [0.05, 0.1) is 0 Å². The van der Waals surface area contributed by atoms with Crippen LogP contribution in [-0.4, -0.2) is 9.97 Å². The van der Waals surface area contributed by atoms with Gasteiger partial charge >= 0.3 is 0 Å². The van der Waals surface area contributed by atoms with Gasteiger partial charge in [0.2, 0.25) is 0 Å². The van der Waals surface area contributed by atoms with Crippen molar-refractivity contribution in [2.75, 3.05) is 0 Å². The zero-order chi connectivity index (χ0) is 20.5. The van der Waals surface area contributed by atoms with E-state index < -0.39 is 0 Å². The second-order valence-corrected chi connectivity index (χ2v) is 9.54. The Hall–Kier alpha value is -1.90. The van der Waals surface area contributed by atoms with Gasteiger partial charge in [-0.15, -0.1) is 0 Å². The van der Waals surface area contributed by atoms with Gasteiger partial charge in [0.15, 0.2) is 0 Å². The number of H-pyrrole nitrogens is 2. The summed E-state index contributed by atoms with van der Waals surface area (Å²) in [7, 11) is 0. The lowest BCUT2D eigenvalue weighted by molar-refractivity contribution is 0.708. The average Bonchev–Trinajstić information content (AvgIpc) is 3.03. The van der Waals surface area contributed by atoms with E-state index in [-0.39, 0.29) is 0 Å². The molecule has 0 aliphatic heterocycles. The first kappa shape index (κ1) is 20.0. The molecule has 2 aliphatic carbocycles. The molecule has 0 atom stereocenters. The summed E-state index contributed by atoms with van der Waals surface area (Å²) in [6, 6.07) is 12.3. The molecule has 4 heteroatoms. The fraction of sp³-hybridized carbons (Fsp3) is 0.385. The number of aromatic nitrogens is 2. The van der Waals surface area contributed by atoms with Gasteiger partial charge in [-0.2, -0.15) is 0 Å². The number of aryl methyl sites for hydroxylation is 4. The highest BCUT2D eigenvalue weighted by Gasteiger charge is 2.15. The molecule has 2 aromatic heterocycles. The molecule has 0 saturated carbocycles. The van der Waals surface area contributed by atoms with Crippen molar-refractivity contribution < 1.29 is 0 Å². The van der Waals surface area contributed by atoms with Crippen molar-refractivity contribution in [1.29, 1.82) is 0 Å². The van der Waals surface area contributed by atoms with Crippen LogP contribution in [0.15, 0.2) is 36.4 Å². The van der Waals surface area contributed by atoms with E-state index >= 15 is 0 Å². The number of hydrogen-bond acceptors (Lipinski definition) is 0. The molecule has 2 N–H and O–H groups in total. The van der Waals surface area contributed by atoms with Crippen molar-refractivity contribution in [1.82, 2.24) is 9.97 Å². The van der Waals surface area contributed by atoms with Crippen LogP contribution in [-0.2, 0) is 25.7 Å². The molecule has 156 valence electrons. The van der Waals surface area contributed by atoms with E-state index in [0.29, 0.717) is 0 Å². The Bertz CT molecular complexity index is 1090. The summed E-state index contributed by atoms with van der Waals surface area (Å²) >= 11 is 12.1. The molecule has 2 nitrogen and oxygen atoms in total. The molecule has 0 radical (unpaired) electrons. The molecule has 0 spiro atoms. The van der Waals surface area contributed by atoms with Crippen LogP contribution in [0.2, 0.25) is 10.0 Å². The molecule has 0 fully saturated rings. The maximum Gasteiger partial charge on any atom is 0.0460 e. The van der Waals surface area contributed by atoms with Crippen LogP contribution in [0.25, 0.3) is 21.8 Å². The zero-order valence-electron chi connectivity index (χ0n) is 17.3. The second-order valence-electron chi connectivity index (χ2n) is 8.67. The summed E-state index contributed by atoms with van der Waals surface area (Å²) in [6.07, 6.45) is 12.8. The molecule has 6 rings (SSSR count). The minimum Gasteiger partial charge on any atom is -0.358 e. The van der Waals surface area contributed by atoms with Crippen molar-refractivity contribution in [3.8, 4) is 0 Å². The van der Waals surface area contributed by atoms with Gasteiger partial charge in [0.1, 0.15) is 0 Å². The monoisotopic (exact) mass is 438 g/mol. The maximum atomic E-state index is 6.04. The minimum absolute atomic E-state index is 0.841. The molecule has 0 amide bonds.